The summed E-state index contributed by atoms with van der Waals surface area (Å²) in [6.45, 7) is 2.11. The Morgan fingerprint density at radius 3 is 2.80 bits per heavy atom. The largest absolute Gasteiger partial charge is 0.264 e. The second-order valence-electron chi connectivity index (χ2n) is 3.69. The van der Waals surface area contributed by atoms with Crippen LogP contribution >= 0.6 is 0 Å². The molecule has 0 amide bonds. The van der Waals surface area contributed by atoms with Gasteiger partial charge in [0.05, 0.1) is 5.52 Å². The third-order valence-electron chi connectivity index (χ3n) is 2.74. The van der Waals surface area contributed by atoms with Crippen LogP contribution in [0.1, 0.15) is 5.56 Å². The van der Waals surface area contributed by atoms with E-state index in [1.165, 1.54) is 16.3 Å². The number of rotatable bonds is 0. The van der Waals surface area contributed by atoms with Gasteiger partial charge in [-0.15, -0.1) is 0 Å². The molecule has 0 saturated heterocycles. The maximum absolute atomic E-state index is 4.44. The van der Waals surface area contributed by atoms with Gasteiger partial charge in [0.25, 0.3) is 0 Å². The van der Waals surface area contributed by atoms with Crippen molar-refractivity contribution in [2.24, 2.45) is 0 Å². The molecular formula is C13H10N2. The molecule has 1 aromatic carbocycles. The average Bonchev–Trinajstić information content (AvgIpc) is 2.29. The van der Waals surface area contributed by atoms with Crippen molar-refractivity contribution < 1.29 is 0 Å². The summed E-state index contributed by atoms with van der Waals surface area (Å²) in [6.07, 6.45) is 5.54. The Balaban J connectivity index is 2.60. The molecule has 3 rings (SSSR count). The summed E-state index contributed by atoms with van der Waals surface area (Å²) in [6, 6.07) is 8.26. The fourth-order valence-corrected chi connectivity index (χ4v) is 1.92. The number of fused-ring (bicyclic) bond motifs is 3. The van der Waals surface area contributed by atoms with Gasteiger partial charge in [-0.1, -0.05) is 12.1 Å². The van der Waals surface area contributed by atoms with Crippen LogP contribution in [0.5, 0.6) is 0 Å². The van der Waals surface area contributed by atoms with E-state index in [4.69, 9.17) is 0 Å². The minimum Gasteiger partial charge on any atom is -0.264 e. The highest BCUT2D eigenvalue weighted by Gasteiger charge is 2.02. The van der Waals surface area contributed by atoms with Gasteiger partial charge >= 0.3 is 0 Å². The molecule has 0 aliphatic rings. The number of benzene rings is 1. The Kier molecular flexibility index (Phi) is 1.68. The lowest BCUT2D eigenvalue weighted by Gasteiger charge is -2.04. The van der Waals surface area contributed by atoms with Crippen LogP contribution in [-0.2, 0) is 0 Å². The van der Waals surface area contributed by atoms with Crippen LogP contribution in [0, 0.1) is 6.92 Å². The lowest BCUT2D eigenvalue weighted by Crippen LogP contribution is -1.84. The quantitative estimate of drug-likeness (QED) is 0.514. The van der Waals surface area contributed by atoms with Gasteiger partial charge in [0.1, 0.15) is 0 Å². The molecule has 0 aliphatic heterocycles. The van der Waals surface area contributed by atoms with E-state index >= 15 is 0 Å². The molecule has 2 heterocycles. The molecule has 0 unspecified atom stereocenters. The lowest BCUT2D eigenvalue weighted by molar-refractivity contribution is 1.35. The predicted octanol–water partition coefficient (Wildman–Crippen LogP) is 3.09. The Morgan fingerprint density at radius 2 is 1.87 bits per heavy atom. The molecule has 0 bridgehead atoms. The Hall–Kier alpha value is -1.96. The highest BCUT2D eigenvalue weighted by Crippen LogP contribution is 2.24. The van der Waals surface area contributed by atoms with E-state index in [2.05, 4.69) is 29.0 Å². The monoisotopic (exact) mass is 194 g/mol. The van der Waals surface area contributed by atoms with E-state index in [1.54, 1.807) is 0 Å². The van der Waals surface area contributed by atoms with E-state index in [-0.39, 0.29) is 0 Å². The van der Waals surface area contributed by atoms with Crippen molar-refractivity contribution in [1.82, 2.24) is 9.97 Å². The molecule has 0 fully saturated rings. The minimum atomic E-state index is 1.06. The topological polar surface area (TPSA) is 25.8 Å². The SMILES string of the molecule is Cc1ccnc2c1ccc1cnccc12. The van der Waals surface area contributed by atoms with Gasteiger partial charge in [0.2, 0.25) is 0 Å². The average molecular weight is 194 g/mol. The Morgan fingerprint density at radius 1 is 0.933 bits per heavy atom. The van der Waals surface area contributed by atoms with Crippen molar-refractivity contribution in [3.63, 3.8) is 0 Å². The van der Waals surface area contributed by atoms with Crippen LogP contribution < -0.4 is 0 Å². The summed E-state index contributed by atoms with van der Waals surface area (Å²) < 4.78 is 0. The van der Waals surface area contributed by atoms with Crippen molar-refractivity contribution >= 4 is 21.7 Å². The van der Waals surface area contributed by atoms with Gasteiger partial charge in [-0.3, -0.25) is 9.97 Å². The van der Waals surface area contributed by atoms with Crippen LogP contribution in [0.3, 0.4) is 0 Å². The second kappa shape index (κ2) is 3.02. The standard InChI is InChI=1S/C13H10N2/c1-9-4-7-15-13-11(9)3-2-10-8-14-6-5-12(10)13/h2-8H,1H3. The maximum Gasteiger partial charge on any atom is 0.0784 e. The molecule has 2 nitrogen and oxygen atoms in total. The highest BCUT2D eigenvalue weighted by molar-refractivity contribution is 6.05. The van der Waals surface area contributed by atoms with Gasteiger partial charge in [0.15, 0.2) is 0 Å². The summed E-state index contributed by atoms with van der Waals surface area (Å²) in [5.41, 5.74) is 2.33. The molecule has 0 atom stereocenters. The summed E-state index contributed by atoms with van der Waals surface area (Å²) in [4.78, 5) is 8.56. The number of aryl methyl sites for hydroxylation is 1. The summed E-state index contributed by atoms with van der Waals surface area (Å²) >= 11 is 0. The summed E-state index contributed by atoms with van der Waals surface area (Å²) in [7, 11) is 0. The number of nitrogens with zero attached hydrogens (tertiary/aromatic N) is 2. The first kappa shape index (κ1) is 8.36. The molecule has 0 aliphatic carbocycles. The molecule has 2 heteroatoms. The Bertz CT molecular complexity index is 644. The molecule has 2 aromatic heterocycles. The third-order valence-corrected chi connectivity index (χ3v) is 2.74. The zero-order chi connectivity index (χ0) is 10.3. The normalized spacial score (nSPS) is 11.0. The minimum absolute atomic E-state index is 1.06. The summed E-state index contributed by atoms with van der Waals surface area (Å²) in [5.74, 6) is 0. The first-order chi connectivity index (χ1) is 7.36. The molecule has 15 heavy (non-hydrogen) atoms. The van der Waals surface area contributed by atoms with Gasteiger partial charge in [-0.25, -0.2) is 0 Å². The molecule has 0 spiro atoms. The smallest absolute Gasteiger partial charge is 0.0784 e. The fraction of sp³-hybridized carbons (Fsp3) is 0.0769. The molecule has 0 saturated carbocycles. The van der Waals surface area contributed by atoms with Crippen LogP contribution in [0.15, 0.2) is 42.9 Å². The van der Waals surface area contributed by atoms with Crippen LogP contribution in [0.4, 0.5) is 0 Å². The second-order valence-corrected chi connectivity index (χ2v) is 3.69. The fourth-order valence-electron chi connectivity index (χ4n) is 1.92. The van der Waals surface area contributed by atoms with Crippen LogP contribution in [0.2, 0.25) is 0 Å². The van der Waals surface area contributed by atoms with Crippen molar-refractivity contribution in [3.8, 4) is 0 Å². The van der Waals surface area contributed by atoms with Crippen molar-refractivity contribution in [1.29, 1.82) is 0 Å². The van der Waals surface area contributed by atoms with E-state index in [9.17, 15) is 0 Å². The predicted molar refractivity (Wildman–Crippen MR) is 61.8 cm³/mol. The van der Waals surface area contributed by atoms with Crippen LogP contribution in [-0.4, -0.2) is 9.97 Å². The molecule has 3 aromatic rings. The molecule has 72 valence electrons. The lowest BCUT2D eigenvalue weighted by atomic mass is 10.1. The van der Waals surface area contributed by atoms with Gasteiger partial charge < -0.3 is 0 Å². The van der Waals surface area contributed by atoms with E-state index in [0.717, 1.165) is 10.9 Å². The first-order valence-corrected chi connectivity index (χ1v) is 4.94. The van der Waals surface area contributed by atoms with Crippen molar-refractivity contribution in [2.75, 3.05) is 0 Å². The molecular weight excluding hydrogens is 184 g/mol. The number of hydrogen-bond donors (Lipinski definition) is 0. The molecule has 0 radical (unpaired) electrons. The Labute approximate surface area is 87.6 Å². The van der Waals surface area contributed by atoms with Gasteiger partial charge in [0, 0.05) is 34.7 Å². The van der Waals surface area contributed by atoms with Gasteiger partial charge in [-0.05, 0) is 24.6 Å². The molecule has 0 N–H and O–H groups in total. The number of pyridine rings is 2. The third kappa shape index (κ3) is 1.18. The zero-order valence-corrected chi connectivity index (χ0v) is 8.44. The van der Waals surface area contributed by atoms with Crippen molar-refractivity contribution in [2.45, 2.75) is 6.92 Å². The number of hydrogen-bond acceptors (Lipinski definition) is 2. The summed E-state index contributed by atoms with van der Waals surface area (Å²) in [5, 5.41) is 3.53. The first-order valence-electron chi connectivity index (χ1n) is 4.94. The highest BCUT2D eigenvalue weighted by atomic mass is 14.7. The van der Waals surface area contributed by atoms with E-state index in [1.807, 2.05) is 30.7 Å². The van der Waals surface area contributed by atoms with E-state index < -0.39 is 0 Å². The maximum atomic E-state index is 4.44. The number of aromatic nitrogens is 2. The van der Waals surface area contributed by atoms with Crippen molar-refractivity contribution in [3.05, 3.63) is 48.4 Å². The van der Waals surface area contributed by atoms with Gasteiger partial charge in [-0.2, -0.15) is 0 Å². The van der Waals surface area contributed by atoms with Crippen LogP contribution in [0.25, 0.3) is 21.7 Å². The van der Waals surface area contributed by atoms with E-state index in [0.29, 0.717) is 0 Å². The zero-order valence-electron chi connectivity index (χ0n) is 8.44.